The van der Waals surface area contributed by atoms with Gasteiger partial charge in [-0.2, -0.15) is 17.5 Å². The maximum absolute atomic E-state index is 12.7. The second kappa shape index (κ2) is 4.92. The van der Waals surface area contributed by atoms with Crippen molar-refractivity contribution >= 4 is 16.7 Å². The number of nitrogens with one attached hydrogen (secondary N) is 1. The van der Waals surface area contributed by atoms with Crippen molar-refractivity contribution in [3.8, 4) is 0 Å². The van der Waals surface area contributed by atoms with E-state index in [1.165, 1.54) is 11.5 Å². The highest BCUT2D eigenvalue weighted by molar-refractivity contribution is 7.09. The molecule has 0 aromatic carbocycles. The fourth-order valence-corrected chi connectivity index (χ4v) is 3.32. The zero-order valence-electron chi connectivity index (χ0n) is 10.4. The summed E-state index contributed by atoms with van der Waals surface area (Å²) in [5.74, 6) is 0.173. The normalized spacial score (nSPS) is 28.4. The van der Waals surface area contributed by atoms with E-state index in [-0.39, 0.29) is 18.9 Å². The number of aromatic nitrogens is 2. The number of alkyl halides is 3. The molecule has 0 radical (unpaired) electrons. The van der Waals surface area contributed by atoms with E-state index in [0.29, 0.717) is 17.5 Å². The highest BCUT2D eigenvalue weighted by Gasteiger charge is 2.42. The highest BCUT2D eigenvalue weighted by atomic mass is 32.1. The summed E-state index contributed by atoms with van der Waals surface area (Å²) in [4.78, 5) is 4.37. The fourth-order valence-electron chi connectivity index (χ4n) is 2.59. The van der Waals surface area contributed by atoms with Crippen LogP contribution in [0.4, 0.5) is 18.3 Å². The largest absolute Gasteiger partial charge is 0.391 e. The molecular weight excluding hydrogens is 275 g/mol. The average molecular weight is 291 g/mol. The van der Waals surface area contributed by atoms with Crippen molar-refractivity contribution in [3.05, 3.63) is 5.82 Å². The molecule has 1 aromatic heterocycles. The summed E-state index contributed by atoms with van der Waals surface area (Å²) < 4.78 is 42.4. The van der Waals surface area contributed by atoms with Crippen LogP contribution in [-0.2, 0) is 0 Å². The van der Waals surface area contributed by atoms with Gasteiger partial charge < -0.3 is 5.32 Å². The van der Waals surface area contributed by atoms with E-state index >= 15 is 0 Å². The van der Waals surface area contributed by atoms with Crippen LogP contribution in [0.5, 0.6) is 0 Å². The Morgan fingerprint density at radius 3 is 2.63 bits per heavy atom. The van der Waals surface area contributed by atoms with Gasteiger partial charge in [-0.15, -0.1) is 0 Å². The van der Waals surface area contributed by atoms with E-state index in [1.807, 2.05) is 0 Å². The van der Waals surface area contributed by atoms with Crippen LogP contribution in [0, 0.1) is 5.92 Å². The number of halogens is 3. The summed E-state index contributed by atoms with van der Waals surface area (Å²) in [6, 6.07) is -0.125. The number of rotatable bonds is 3. The molecule has 1 aromatic rings. The maximum atomic E-state index is 12.7. The molecule has 3 nitrogen and oxygen atoms in total. The monoisotopic (exact) mass is 291 g/mol. The van der Waals surface area contributed by atoms with Gasteiger partial charge in [-0.3, -0.25) is 0 Å². The second-order valence-corrected chi connectivity index (χ2v) is 6.23. The molecule has 0 saturated heterocycles. The van der Waals surface area contributed by atoms with Gasteiger partial charge in [0.05, 0.1) is 5.92 Å². The molecule has 2 atom stereocenters. The Morgan fingerprint density at radius 1 is 1.16 bits per heavy atom. The van der Waals surface area contributed by atoms with Gasteiger partial charge in [-0.05, 0) is 32.1 Å². The van der Waals surface area contributed by atoms with Crippen molar-refractivity contribution in [1.29, 1.82) is 0 Å². The lowest BCUT2D eigenvalue weighted by molar-refractivity contribution is -0.182. The minimum Gasteiger partial charge on any atom is -0.358 e. The number of hydrogen-bond donors (Lipinski definition) is 1. The molecule has 1 heterocycles. The number of hydrogen-bond acceptors (Lipinski definition) is 4. The highest BCUT2D eigenvalue weighted by Crippen LogP contribution is 2.40. The fraction of sp³-hybridized carbons (Fsp3) is 0.833. The Labute approximate surface area is 113 Å². The third-order valence-electron chi connectivity index (χ3n) is 3.85. The van der Waals surface area contributed by atoms with Crippen LogP contribution in [0.1, 0.15) is 50.3 Å². The number of anilines is 1. The van der Waals surface area contributed by atoms with Gasteiger partial charge in [0.1, 0.15) is 5.82 Å². The van der Waals surface area contributed by atoms with E-state index in [0.717, 1.165) is 25.1 Å². The molecule has 0 aliphatic heterocycles. The first-order chi connectivity index (χ1) is 9.02. The minimum absolute atomic E-state index is 0.125. The summed E-state index contributed by atoms with van der Waals surface area (Å²) >= 11 is 1.27. The molecule has 19 heavy (non-hydrogen) atoms. The lowest BCUT2D eigenvalue weighted by Crippen LogP contribution is -2.34. The van der Waals surface area contributed by atoms with E-state index in [9.17, 15) is 13.2 Å². The lowest BCUT2D eigenvalue weighted by atomic mass is 9.85. The summed E-state index contributed by atoms with van der Waals surface area (Å²) in [5.41, 5.74) is 0. The molecule has 2 fully saturated rings. The van der Waals surface area contributed by atoms with Crippen molar-refractivity contribution in [3.63, 3.8) is 0 Å². The van der Waals surface area contributed by atoms with Crippen LogP contribution in [0.3, 0.4) is 0 Å². The SMILES string of the molecule is FC(F)(F)C1CCCC(Nc2nc(C3CC3)ns2)C1. The summed E-state index contributed by atoms with van der Waals surface area (Å²) in [6.07, 6.45) is 0.0141. The van der Waals surface area contributed by atoms with Gasteiger partial charge in [0.2, 0.25) is 5.13 Å². The van der Waals surface area contributed by atoms with Crippen molar-refractivity contribution in [2.45, 2.75) is 56.7 Å². The summed E-state index contributed by atoms with van der Waals surface area (Å²) in [7, 11) is 0. The van der Waals surface area contributed by atoms with Crippen LogP contribution in [-0.4, -0.2) is 21.6 Å². The first kappa shape index (κ1) is 13.1. The van der Waals surface area contributed by atoms with Gasteiger partial charge in [-0.25, -0.2) is 4.98 Å². The molecular formula is C12H16F3N3S. The topological polar surface area (TPSA) is 37.8 Å². The Bertz CT molecular complexity index is 442. The summed E-state index contributed by atoms with van der Waals surface area (Å²) in [5, 5.41) is 3.81. The second-order valence-electron chi connectivity index (χ2n) is 5.48. The third kappa shape index (κ3) is 3.19. The van der Waals surface area contributed by atoms with E-state index < -0.39 is 12.1 Å². The van der Waals surface area contributed by atoms with Crippen molar-refractivity contribution < 1.29 is 13.2 Å². The van der Waals surface area contributed by atoms with Gasteiger partial charge in [0.25, 0.3) is 0 Å². The lowest BCUT2D eigenvalue weighted by Gasteiger charge is -2.30. The van der Waals surface area contributed by atoms with Crippen LogP contribution >= 0.6 is 11.5 Å². The molecule has 0 bridgehead atoms. The van der Waals surface area contributed by atoms with Gasteiger partial charge in [-0.1, -0.05) is 6.42 Å². The molecule has 0 spiro atoms. The van der Waals surface area contributed by atoms with Crippen LogP contribution < -0.4 is 5.32 Å². The molecule has 3 rings (SSSR count). The minimum atomic E-state index is -4.07. The molecule has 0 amide bonds. The van der Waals surface area contributed by atoms with Gasteiger partial charge >= 0.3 is 6.18 Å². The molecule has 7 heteroatoms. The van der Waals surface area contributed by atoms with Gasteiger partial charge in [0, 0.05) is 23.5 Å². The van der Waals surface area contributed by atoms with E-state index in [4.69, 9.17) is 0 Å². The third-order valence-corrected chi connectivity index (χ3v) is 4.51. The Kier molecular flexibility index (Phi) is 3.41. The van der Waals surface area contributed by atoms with Crippen molar-refractivity contribution in [2.24, 2.45) is 5.92 Å². The summed E-state index contributed by atoms with van der Waals surface area (Å²) in [6.45, 7) is 0. The van der Waals surface area contributed by atoms with Crippen molar-refractivity contribution in [1.82, 2.24) is 9.36 Å². The zero-order chi connectivity index (χ0) is 13.5. The van der Waals surface area contributed by atoms with E-state index in [1.54, 1.807) is 0 Å². The molecule has 1 N–H and O–H groups in total. The number of nitrogens with zero attached hydrogens (tertiary/aromatic N) is 2. The smallest absolute Gasteiger partial charge is 0.358 e. The van der Waals surface area contributed by atoms with Crippen LogP contribution in [0.15, 0.2) is 0 Å². The predicted octanol–water partition coefficient (Wildman–Crippen LogP) is 3.95. The maximum Gasteiger partial charge on any atom is 0.391 e. The molecule has 2 unspecified atom stereocenters. The van der Waals surface area contributed by atoms with E-state index in [2.05, 4.69) is 14.7 Å². The first-order valence-corrected chi connectivity index (χ1v) is 7.46. The predicted molar refractivity (Wildman–Crippen MR) is 67.3 cm³/mol. The van der Waals surface area contributed by atoms with Crippen molar-refractivity contribution in [2.75, 3.05) is 5.32 Å². The molecule has 2 aliphatic carbocycles. The Morgan fingerprint density at radius 2 is 1.95 bits per heavy atom. The Hall–Kier alpha value is -0.850. The molecule has 2 saturated carbocycles. The van der Waals surface area contributed by atoms with Gasteiger partial charge in [0.15, 0.2) is 0 Å². The molecule has 2 aliphatic rings. The van der Waals surface area contributed by atoms with Crippen LogP contribution in [0.2, 0.25) is 0 Å². The molecule has 106 valence electrons. The average Bonchev–Trinajstić information content (AvgIpc) is 3.10. The zero-order valence-corrected chi connectivity index (χ0v) is 11.2. The quantitative estimate of drug-likeness (QED) is 0.916. The Balaban J connectivity index is 1.59. The standard InChI is InChI=1S/C12H16F3N3S/c13-12(14,15)8-2-1-3-9(6-8)16-11-17-10(18-19-11)7-4-5-7/h7-9H,1-6H2,(H,16,17,18). The van der Waals surface area contributed by atoms with Crippen LogP contribution in [0.25, 0.3) is 0 Å². The first-order valence-electron chi connectivity index (χ1n) is 6.69.